The van der Waals surface area contributed by atoms with Crippen LogP contribution in [-0.4, -0.2) is 47.1 Å². The second-order valence-electron chi connectivity index (χ2n) is 18.2. The van der Waals surface area contributed by atoms with Crippen molar-refractivity contribution < 1.29 is 23.9 Å². The number of ketones is 1. The van der Waals surface area contributed by atoms with E-state index in [1.807, 2.05) is 0 Å². The maximum Gasteiger partial charge on any atom is 0.307 e. The molecular weight excluding hydrogens is 662 g/mol. The summed E-state index contributed by atoms with van der Waals surface area (Å²) in [5.74, 6) is 3.62. The molecule has 0 aliphatic heterocycles. The third kappa shape index (κ3) is 6.65. The van der Waals surface area contributed by atoms with Gasteiger partial charge in [0, 0.05) is 43.1 Å². The molecule has 1 aromatic heterocycles. The second kappa shape index (κ2) is 13.8. The number of carbonyl (C=O) groups is 3. The summed E-state index contributed by atoms with van der Waals surface area (Å²) in [6.45, 7) is 19.4. The number of rotatable bonds is 9. The van der Waals surface area contributed by atoms with E-state index in [0.717, 1.165) is 63.2 Å². The summed E-state index contributed by atoms with van der Waals surface area (Å²) in [7, 11) is 1.74. The van der Waals surface area contributed by atoms with Crippen LogP contribution in [0.4, 0.5) is 0 Å². The van der Waals surface area contributed by atoms with E-state index in [1.54, 1.807) is 20.9 Å². The molecule has 8 nitrogen and oxygen atoms in total. The third-order valence-corrected chi connectivity index (χ3v) is 14.5. The van der Waals surface area contributed by atoms with Crippen LogP contribution in [0, 0.1) is 57.2 Å². The Hall–Kier alpha value is -2.87. The summed E-state index contributed by atoms with van der Waals surface area (Å²) in [6.07, 6.45) is 13.4. The fraction of sp³-hybridized carbons (Fsp3) is 0.714. The van der Waals surface area contributed by atoms with Crippen molar-refractivity contribution in [1.29, 1.82) is 0 Å². The van der Waals surface area contributed by atoms with Crippen LogP contribution in [0.25, 0.3) is 5.76 Å². The molecule has 0 spiro atoms. The Labute approximate surface area is 309 Å². The van der Waals surface area contributed by atoms with E-state index in [2.05, 4.69) is 56.2 Å². The monoisotopic (exact) mass is 719 g/mol. The Kier molecular flexibility index (Phi) is 10.3. The molecule has 51 heavy (non-hydrogen) atoms. The first-order valence-corrected chi connectivity index (χ1v) is 19.6. The molecule has 278 valence electrons. The molecule has 0 N–H and O–H groups in total. The number of aromatic nitrogens is 2. The van der Waals surface area contributed by atoms with Gasteiger partial charge in [0.05, 0.1) is 11.4 Å². The average Bonchev–Trinajstić information content (AvgIpc) is 3.37. The molecule has 4 fully saturated rings. The van der Waals surface area contributed by atoms with Crippen LogP contribution in [0.1, 0.15) is 125 Å². The predicted octanol–water partition coefficient (Wildman–Crippen LogP) is 9.26. The standard InChI is InChI=1S/C42H58ClN3O5/c1-24(2)36-31(48)18-42(19-34(44-9)50-26(4)38-45-21-27(43)22-46-38)17-13-30-28(37(36)42)10-11-33-40(7)16-14-32(51-35(49)20-39(5,6)23-47)25(3)29(40)12-15-41(30,33)8/h21-25,28-30,32-33H,4,10-20H2,1-3,5-9H3. The smallest absolute Gasteiger partial charge is 0.307 e. The Morgan fingerprint density at radius 3 is 2.37 bits per heavy atom. The number of allylic oxidation sites excluding steroid dienone is 2. The van der Waals surface area contributed by atoms with Gasteiger partial charge >= 0.3 is 5.97 Å². The summed E-state index contributed by atoms with van der Waals surface area (Å²) in [6, 6.07) is 0. The summed E-state index contributed by atoms with van der Waals surface area (Å²) < 4.78 is 12.4. The van der Waals surface area contributed by atoms with Gasteiger partial charge in [0.1, 0.15) is 12.4 Å². The van der Waals surface area contributed by atoms with Crippen molar-refractivity contribution in [2.75, 3.05) is 7.05 Å². The minimum absolute atomic E-state index is 0.101. The number of nitrogens with zero attached hydrogens (tertiary/aromatic N) is 3. The second-order valence-corrected chi connectivity index (χ2v) is 18.6. The summed E-state index contributed by atoms with van der Waals surface area (Å²) >= 11 is 6.01. The third-order valence-electron chi connectivity index (χ3n) is 14.3. The van der Waals surface area contributed by atoms with Crippen molar-refractivity contribution in [1.82, 2.24) is 9.97 Å². The van der Waals surface area contributed by atoms with Gasteiger partial charge in [0.25, 0.3) is 0 Å². The Balaban J connectivity index is 1.24. The lowest BCUT2D eigenvalue weighted by Crippen LogP contribution is -2.60. The first-order valence-electron chi connectivity index (χ1n) is 19.2. The maximum absolute atomic E-state index is 14.0. The van der Waals surface area contributed by atoms with E-state index in [-0.39, 0.29) is 52.4 Å². The quantitative estimate of drug-likeness (QED) is 0.0823. The van der Waals surface area contributed by atoms with Gasteiger partial charge in [-0.1, -0.05) is 72.2 Å². The van der Waals surface area contributed by atoms with Gasteiger partial charge in [-0.3, -0.25) is 14.6 Å². The van der Waals surface area contributed by atoms with E-state index >= 15 is 0 Å². The highest BCUT2D eigenvalue weighted by molar-refractivity contribution is 6.30. The van der Waals surface area contributed by atoms with Gasteiger partial charge in [-0.2, -0.15) is 0 Å². The highest BCUT2D eigenvalue weighted by Gasteiger charge is 2.65. The zero-order valence-corrected chi connectivity index (χ0v) is 32.8. The van der Waals surface area contributed by atoms with Crippen molar-refractivity contribution in [3.05, 3.63) is 41.0 Å². The topological polar surface area (TPSA) is 108 Å². The summed E-state index contributed by atoms with van der Waals surface area (Å²) in [5.41, 5.74) is 1.75. The van der Waals surface area contributed by atoms with Crippen LogP contribution in [0.5, 0.6) is 0 Å². The molecule has 9 unspecified atom stereocenters. The zero-order valence-electron chi connectivity index (χ0n) is 32.0. The maximum atomic E-state index is 14.0. The fourth-order valence-electron chi connectivity index (χ4n) is 12.1. The van der Waals surface area contributed by atoms with E-state index in [9.17, 15) is 14.4 Å². The molecule has 1 heterocycles. The van der Waals surface area contributed by atoms with Crippen molar-refractivity contribution in [2.24, 2.45) is 62.2 Å². The van der Waals surface area contributed by atoms with Crippen molar-refractivity contribution in [3.63, 3.8) is 0 Å². The molecule has 0 aromatic carbocycles. The average molecular weight is 720 g/mol. The number of esters is 1. The van der Waals surface area contributed by atoms with Gasteiger partial charge in [-0.25, -0.2) is 9.97 Å². The van der Waals surface area contributed by atoms with E-state index in [0.29, 0.717) is 59.0 Å². The number of fused-ring (bicyclic) bond motifs is 7. The molecule has 4 saturated carbocycles. The molecule has 9 heteroatoms. The molecule has 5 aliphatic carbocycles. The summed E-state index contributed by atoms with van der Waals surface area (Å²) in [4.78, 5) is 51.5. The minimum Gasteiger partial charge on any atom is -0.462 e. The molecule has 0 radical (unpaired) electrons. The van der Waals surface area contributed by atoms with Crippen LogP contribution in [-0.2, 0) is 23.9 Å². The molecule has 0 bridgehead atoms. The predicted molar refractivity (Wildman–Crippen MR) is 200 cm³/mol. The lowest BCUT2D eigenvalue weighted by molar-refractivity contribution is -0.191. The van der Waals surface area contributed by atoms with Crippen molar-refractivity contribution in [2.45, 2.75) is 125 Å². The summed E-state index contributed by atoms with van der Waals surface area (Å²) in [5, 5.41) is 0.442. The molecular formula is C42H58ClN3O5. The number of aliphatic imine (C=N–C) groups is 1. The largest absolute Gasteiger partial charge is 0.462 e. The molecule has 0 saturated heterocycles. The Bertz CT molecular complexity index is 1630. The van der Waals surface area contributed by atoms with Crippen LogP contribution < -0.4 is 0 Å². The molecule has 1 aromatic rings. The van der Waals surface area contributed by atoms with Crippen LogP contribution >= 0.6 is 11.6 Å². The lowest BCUT2D eigenvalue weighted by atomic mass is 9.38. The fourth-order valence-corrected chi connectivity index (χ4v) is 12.2. The number of halogens is 1. The lowest BCUT2D eigenvalue weighted by Gasteiger charge is -2.67. The number of carbonyl (C=O) groups excluding carboxylic acids is 3. The number of hydrogen-bond donors (Lipinski definition) is 0. The Morgan fingerprint density at radius 2 is 1.73 bits per heavy atom. The normalized spacial score (nSPS) is 36.5. The van der Waals surface area contributed by atoms with Crippen LogP contribution in [0.15, 0.2) is 35.1 Å². The number of Topliss-reactive ketones (excluding diaryl/α,β-unsaturated/α-hetero) is 1. The van der Waals surface area contributed by atoms with Crippen LogP contribution in [0.3, 0.4) is 0 Å². The van der Waals surface area contributed by atoms with E-state index < -0.39 is 5.41 Å². The van der Waals surface area contributed by atoms with Gasteiger partial charge in [0.15, 0.2) is 23.3 Å². The molecule has 9 atom stereocenters. The number of ether oxygens (including phenoxy) is 2. The van der Waals surface area contributed by atoms with Crippen molar-refractivity contribution in [3.8, 4) is 0 Å². The van der Waals surface area contributed by atoms with Crippen LogP contribution in [0.2, 0.25) is 5.02 Å². The first-order chi connectivity index (χ1) is 24.0. The number of hydrogen-bond acceptors (Lipinski definition) is 8. The molecule has 0 amide bonds. The van der Waals surface area contributed by atoms with Gasteiger partial charge < -0.3 is 14.3 Å². The van der Waals surface area contributed by atoms with E-state index in [4.69, 9.17) is 21.1 Å². The zero-order chi connectivity index (χ0) is 37.1. The highest BCUT2D eigenvalue weighted by atomic mass is 35.5. The van der Waals surface area contributed by atoms with Gasteiger partial charge in [-0.15, -0.1) is 0 Å². The minimum atomic E-state index is -0.708. The SMILES string of the molecule is C=C(OC(CC12CCC3C(CCC4C3(C)CCC3C(C)C(OC(=O)CC(C)(C)C=O)CCC34C)C1=C(C(C)C)C(=O)C2)=NC)c1ncc(Cl)cn1. The number of aldehydes is 1. The molecule has 6 rings (SSSR count). The highest BCUT2D eigenvalue weighted by Crippen LogP contribution is 2.72. The van der Waals surface area contributed by atoms with E-state index in [1.165, 1.54) is 18.0 Å². The van der Waals surface area contributed by atoms with Gasteiger partial charge in [-0.05, 0) is 103 Å². The van der Waals surface area contributed by atoms with Crippen molar-refractivity contribution >= 4 is 41.3 Å². The molecule has 5 aliphatic rings. The first kappa shape index (κ1) is 37.9. The van der Waals surface area contributed by atoms with Gasteiger partial charge in [0.2, 0.25) is 0 Å². The Morgan fingerprint density at radius 1 is 1.08 bits per heavy atom.